The van der Waals surface area contributed by atoms with Gasteiger partial charge in [-0.15, -0.1) is 0 Å². The van der Waals surface area contributed by atoms with E-state index in [2.05, 4.69) is 12.2 Å². The summed E-state index contributed by atoms with van der Waals surface area (Å²) in [5.41, 5.74) is 0.0948. The Morgan fingerprint density at radius 1 is 1.50 bits per heavy atom. The van der Waals surface area contributed by atoms with Crippen LogP contribution in [0.2, 0.25) is 0 Å². The van der Waals surface area contributed by atoms with E-state index < -0.39 is 5.92 Å². The van der Waals surface area contributed by atoms with Crippen LogP contribution in [0.4, 0.5) is 8.78 Å². The fraction of sp³-hybridized carbons (Fsp3) is 0.692. The van der Waals surface area contributed by atoms with E-state index in [-0.39, 0.29) is 5.57 Å². The standard InChI is InChI=1S/C13H21F2N/c1-4-11(13(3,14)15)8-7-10(2)12-6-5-9-16-12/h4,7-8,10,12,16H,5-6,9H2,1-3H3/b8-7-,11-4+. The molecule has 0 bridgehead atoms. The smallest absolute Gasteiger partial charge is 0.270 e. The zero-order valence-electron chi connectivity index (χ0n) is 10.3. The van der Waals surface area contributed by atoms with Crippen LogP contribution in [0, 0.1) is 5.92 Å². The highest BCUT2D eigenvalue weighted by Gasteiger charge is 2.25. The molecular weight excluding hydrogens is 208 g/mol. The highest BCUT2D eigenvalue weighted by atomic mass is 19.3. The van der Waals surface area contributed by atoms with E-state index in [9.17, 15) is 8.78 Å². The lowest BCUT2D eigenvalue weighted by molar-refractivity contribution is 0.0672. The van der Waals surface area contributed by atoms with E-state index in [0.29, 0.717) is 12.0 Å². The van der Waals surface area contributed by atoms with Crippen LogP contribution in [0.3, 0.4) is 0 Å². The van der Waals surface area contributed by atoms with Gasteiger partial charge in [0.25, 0.3) is 5.92 Å². The second kappa shape index (κ2) is 5.58. The average Bonchev–Trinajstić information content (AvgIpc) is 2.68. The van der Waals surface area contributed by atoms with Crippen molar-refractivity contribution >= 4 is 0 Å². The topological polar surface area (TPSA) is 12.0 Å². The monoisotopic (exact) mass is 229 g/mol. The molecule has 0 radical (unpaired) electrons. The molecular formula is C13H21F2N. The Balaban J connectivity index is 2.57. The van der Waals surface area contributed by atoms with Crippen molar-refractivity contribution in [1.29, 1.82) is 0 Å². The van der Waals surface area contributed by atoms with Gasteiger partial charge in [-0.05, 0) is 32.2 Å². The van der Waals surface area contributed by atoms with Gasteiger partial charge in [0, 0.05) is 18.5 Å². The predicted molar refractivity (Wildman–Crippen MR) is 63.7 cm³/mol. The van der Waals surface area contributed by atoms with Gasteiger partial charge in [0.05, 0.1) is 0 Å². The maximum absolute atomic E-state index is 13.1. The van der Waals surface area contributed by atoms with Crippen LogP contribution in [-0.2, 0) is 0 Å². The van der Waals surface area contributed by atoms with Gasteiger partial charge in [0.2, 0.25) is 0 Å². The fourth-order valence-electron chi connectivity index (χ4n) is 2.05. The summed E-state index contributed by atoms with van der Waals surface area (Å²) in [7, 11) is 0. The minimum atomic E-state index is -2.74. The fourth-order valence-corrected chi connectivity index (χ4v) is 2.05. The quantitative estimate of drug-likeness (QED) is 0.727. The molecule has 1 N–H and O–H groups in total. The van der Waals surface area contributed by atoms with Gasteiger partial charge in [-0.2, -0.15) is 0 Å². The number of halogens is 2. The molecule has 2 unspecified atom stereocenters. The third kappa shape index (κ3) is 3.71. The molecule has 92 valence electrons. The second-order valence-corrected chi connectivity index (χ2v) is 4.55. The lowest BCUT2D eigenvalue weighted by Gasteiger charge is -2.16. The highest BCUT2D eigenvalue weighted by molar-refractivity contribution is 5.25. The summed E-state index contributed by atoms with van der Waals surface area (Å²) in [6.45, 7) is 5.70. The largest absolute Gasteiger partial charge is 0.313 e. The SMILES string of the molecule is C/C=C(\C=C/C(C)C1CCCN1)C(C)(F)F. The summed E-state index contributed by atoms with van der Waals surface area (Å²) in [4.78, 5) is 0. The van der Waals surface area contributed by atoms with Crippen molar-refractivity contribution < 1.29 is 8.78 Å². The zero-order chi connectivity index (χ0) is 12.2. The molecule has 16 heavy (non-hydrogen) atoms. The normalized spacial score (nSPS) is 25.3. The first kappa shape index (κ1) is 13.4. The Morgan fingerprint density at radius 2 is 2.19 bits per heavy atom. The van der Waals surface area contributed by atoms with Gasteiger partial charge in [-0.25, -0.2) is 8.78 Å². The van der Waals surface area contributed by atoms with Crippen LogP contribution >= 0.6 is 0 Å². The Bertz CT molecular complexity index is 270. The first-order valence-electron chi connectivity index (χ1n) is 5.91. The lowest BCUT2D eigenvalue weighted by Crippen LogP contribution is -2.27. The molecule has 3 heteroatoms. The molecule has 1 aliphatic rings. The Labute approximate surface area is 96.6 Å². The maximum atomic E-state index is 13.1. The molecule has 2 atom stereocenters. The van der Waals surface area contributed by atoms with E-state index in [1.54, 1.807) is 13.0 Å². The van der Waals surface area contributed by atoms with Crippen molar-refractivity contribution in [3.05, 3.63) is 23.8 Å². The third-order valence-corrected chi connectivity index (χ3v) is 3.13. The van der Waals surface area contributed by atoms with Crippen molar-refractivity contribution in [2.45, 2.75) is 45.6 Å². The van der Waals surface area contributed by atoms with Gasteiger partial charge in [0.1, 0.15) is 0 Å². The molecule has 1 rings (SSSR count). The molecule has 0 spiro atoms. The molecule has 0 aromatic carbocycles. The molecule has 0 aliphatic carbocycles. The van der Waals surface area contributed by atoms with E-state index in [1.165, 1.54) is 12.5 Å². The zero-order valence-corrected chi connectivity index (χ0v) is 10.3. The van der Waals surface area contributed by atoms with Gasteiger partial charge < -0.3 is 5.32 Å². The first-order valence-corrected chi connectivity index (χ1v) is 5.91. The summed E-state index contributed by atoms with van der Waals surface area (Å²) in [6.07, 6.45) is 7.24. The molecule has 0 saturated carbocycles. The summed E-state index contributed by atoms with van der Waals surface area (Å²) in [5.74, 6) is -2.44. The van der Waals surface area contributed by atoms with Crippen molar-refractivity contribution in [3.63, 3.8) is 0 Å². The van der Waals surface area contributed by atoms with Gasteiger partial charge >= 0.3 is 0 Å². The minimum absolute atomic E-state index is 0.0948. The average molecular weight is 229 g/mol. The van der Waals surface area contributed by atoms with Crippen LogP contribution in [0.15, 0.2) is 23.8 Å². The molecule has 1 fully saturated rings. The Hall–Kier alpha value is -0.700. The highest BCUT2D eigenvalue weighted by Crippen LogP contribution is 2.25. The van der Waals surface area contributed by atoms with E-state index in [1.807, 2.05) is 6.08 Å². The molecule has 1 aliphatic heterocycles. The first-order chi connectivity index (χ1) is 7.45. The number of hydrogen-bond donors (Lipinski definition) is 1. The van der Waals surface area contributed by atoms with E-state index in [0.717, 1.165) is 19.9 Å². The third-order valence-electron chi connectivity index (χ3n) is 3.13. The molecule has 0 amide bonds. The number of alkyl halides is 2. The Kier molecular flexibility index (Phi) is 4.66. The van der Waals surface area contributed by atoms with E-state index >= 15 is 0 Å². The molecule has 0 aromatic heterocycles. The molecule has 0 aromatic rings. The summed E-state index contributed by atoms with van der Waals surface area (Å²) >= 11 is 0. The number of rotatable bonds is 4. The van der Waals surface area contributed by atoms with Crippen LogP contribution in [0.5, 0.6) is 0 Å². The van der Waals surface area contributed by atoms with Crippen LogP contribution in [0.1, 0.15) is 33.6 Å². The molecule has 1 heterocycles. The van der Waals surface area contributed by atoms with Crippen molar-refractivity contribution in [3.8, 4) is 0 Å². The second-order valence-electron chi connectivity index (χ2n) is 4.55. The summed E-state index contributed by atoms with van der Waals surface area (Å²) in [5, 5.41) is 3.38. The number of allylic oxidation sites excluding steroid dienone is 3. The summed E-state index contributed by atoms with van der Waals surface area (Å²) in [6, 6.07) is 0.444. The van der Waals surface area contributed by atoms with Crippen LogP contribution < -0.4 is 5.32 Å². The predicted octanol–water partition coefficient (Wildman–Crippen LogP) is 3.53. The minimum Gasteiger partial charge on any atom is -0.313 e. The molecule has 1 nitrogen and oxygen atoms in total. The summed E-state index contributed by atoms with van der Waals surface area (Å²) < 4.78 is 26.2. The van der Waals surface area contributed by atoms with Crippen molar-refractivity contribution in [1.82, 2.24) is 5.32 Å². The molecule has 1 saturated heterocycles. The van der Waals surface area contributed by atoms with Crippen molar-refractivity contribution in [2.24, 2.45) is 5.92 Å². The van der Waals surface area contributed by atoms with Gasteiger partial charge in [-0.3, -0.25) is 0 Å². The number of nitrogens with one attached hydrogen (secondary N) is 1. The van der Waals surface area contributed by atoms with Crippen molar-refractivity contribution in [2.75, 3.05) is 6.54 Å². The lowest BCUT2D eigenvalue weighted by atomic mass is 9.98. The van der Waals surface area contributed by atoms with Crippen LogP contribution in [0.25, 0.3) is 0 Å². The van der Waals surface area contributed by atoms with Gasteiger partial charge in [0.15, 0.2) is 0 Å². The van der Waals surface area contributed by atoms with Crippen LogP contribution in [-0.4, -0.2) is 18.5 Å². The Morgan fingerprint density at radius 3 is 2.62 bits per heavy atom. The van der Waals surface area contributed by atoms with E-state index in [4.69, 9.17) is 0 Å². The maximum Gasteiger partial charge on any atom is 0.270 e. The number of hydrogen-bond acceptors (Lipinski definition) is 1. The van der Waals surface area contributed by atoms with Gasteiger partial charge in [-0.1, -0.05) is 25.2 Å².